The Balaban J connectivity index is 1.40. The number of carbonyl (C=O) groups is 1. The summed E-state index contributed by atoms with van der Waals surface area (Å²) < 4.78 is 5.76. The van der Waals surface area contributed by atoms with Gasteiger partial charge < -0.3 is 15.4 Å². The maximum Gasteiger partial charge on any atom is 0.274 e. The van der Waals surface area contributed by atoms with E-state index in [1.807, 2.05) is 54.6 Å². The molecule has 4 aromatic rings. The minimum absolute atomic E-state index is 0.257. The Morgan fingerprint density at radius 3 is 2.53 bits per heavy atom. The van der Waals surface area contributed by atoms with Gasteiger partial charge in [0.1, 0.15) is 18.1 Å². The number of anilines is 3. The van der Waals surface area contributed by atoms with Crippen molar-refractivity contribution >= 4 is 23.2 Å². The van der Waals surface area contributed by atoms with Crippen molar-refractivity contribution in [3.8, 4) is 5.75 Å². The number of carbonyl (C=O) groups excluding carboxylic acids is 1. The number of nitrogens with one attached hydrogen (secondary N) is 2. The number of nitrogens with zero attached hydrogens (tertiary/aromatic N) is 3. The predicted octanol–water partition coefficient (Wildman–Crippen LogP) is 4.45. The van der Waals surface area contributed by atoms with E-state index < -0.39 is 0 Å². The molecule has 0 saturated heterocycles. The molecule has 0 aliphatic heterocycles. The largest absolute Gasteiger partial charge is 0.489 e. The second-order valence-electron chi connectivity index (χ2n) is 6.38. The van der Waals surface area contributed by atoms with Crippen molar-refractivity contribution in [2.75, 3.05) is 10.6 Å². The van der Waals surface area contributed by atoms with Gasteiger partial charge in [-0.3, -0.25) is 9.78 Å². The van der Waals surface area contributed by atoms with E-state index in [0.29, 0.717) is 18.2 Å². The molecule has 0 saturated carbocycles. The SMILES string of the molecule is O=C(Nc1cccc(COc2ccccc2)c1)c1ccnc(Nc2ccncc2)n1. The van der Waals surface area contributed by atoms with E-state index in [4.69, 9.17) is 4.74 Å². The molecule has 0 spiro atoms. The average Bonchev–Trinajstić information content (AvgIpc) is 2.79. The van der Waals surface area contributed by atoms with Gasteiger partial charge in [0, 0.05) is 30.0 Å². The maximum absolute atomic E-state index is 12.6. The monoisotopic (exact) mass is 397 g/mol. The first kappa shape index (κ1) is 19.1. The molecule has 0 atom stereocenters. The fourth-order valence-electron chi connectivity index (χ4n) is 2.73. The zero-order valence-corrected chi connectivity index (χ0v) is 16.0. The standard InChI is InChI=1S/C23H19N5O2/c29-22(21-11-14-25-23(28-21)27-18-9-12-24-13-10-18)26-19-6-4-5-17(15-19)16-30-20-7-2-1-3-8-20/h1-15H,16H2,(H,26,29)(H,24,25,27,28). The quantitative estimate of drug-likeness (QED) is 0.479. The van der Waals surface area contributed by atoms with E-state index in [2.05, 4.69) is 25.6 Å². The molecule has 2 aromatic heterocycles. The Hall–Kier alpha value is -4.26. The van der Waals surface area contributed by atoms with Crippen molar-refractivity contribution in [3.63, 3.8) is 0 Å². The van der Waals surface area contributed by atoms with Crippen molar-refractivity contribution in [2.24, 2.45) is 0 Å². The summed E-state index contributed by atoms with van der Waals surface area (Å²) in [6, 6.07) is 22.2. The molecule has 2 N–H and O–H groups in total. The third kappa shape index (κ3) is 5.17. The van der Waals surface area contributed by atoms with Crippen LogP contribution >= 0.6 is 0 Å². The lowest BCUT2D eigenvalue weighted by atomic mass is 10.2. The first-order valence-corrected chi connectivity index (χ1v) is 9.34. The van der Waals surface area contributed by atoms with E-state index >= 15 is 0 Å². The normalized spacial score (nSPS) is 10.3. The Morgan fingerprint density at radius 2 is 1.70 bits per heavy atom. The first-order chi connectivity index (χ1) is 14.8. The van der Waals surface area contributed by atoms with Gasteiger partial charge in [-0.05, 0) is 48.0 Å². The van der Waals surface area contributed by atoms with E-state index in [1.165, 1.54) is 6.20 Å². The molecule has 2 aromatic carbocycles. The second-order valence-corrected chi connectivity index (χ2v) is 6.38. The molecule has 0 aliphatic carbocycles. The number of pyridine rings is 1. The minimum Gasteiger partial charge on any atom is -0.489 e. The first-order valence-electron chi connectivity index (χ1n) is 9.34. The van der Waals surface area contributed by atoms with Crippen molar-refractivity contribution in [2.45, 2.75) is 6.61 Å². The fraction of sp³-hybridized carbons (Fsp3) is 0.0435. The molecule has 7 heteroatoms. The molecule has 148 valence electrons. The van der Waals surface area contributed by atoms with Crippen LogP contribution < -0.4 is 15.4 Å². The molecule has 30 heavy (non-hydrogen) atoms. The highest BCUT2D eigenvalue weighted by atomic mass is 16.5. The van der Waals surface area contributed by atoms with Gasteiger partial charge in [0.15, 0.2) is 0 Å². The van der Waals surface area contributed by atoms with Crippen LogP contribution in [0.15, 0.2) is 91.4 Å². The Bertz CT molecular complexity index is 1120. The van der Waals surface area contributed by atoms with Crippen LogP contribution in [0.4, 0.5) is 17.3 Å². The highest BCUT2D eigenvalue weighted by molar-refractivity contribution is 6.03. The lowest BCUT2D eigenvalue weighted by Crippen LogP contribution is -2.15. The van der Waals surface area contributed by atoms with Gasteiger partial charge in [-0.25, -0.2) is 9.97 Å². The summed E-state index contributed by atoms with van der Waals surface area (Å²) >= 11 is 0. The lowest BCUT2D eigenvalue weighted by molar-refractivity contribution is 0.102. The third-order valence-corrected chi connectivity index (χ3v) is 4.16. The van der Waals surface area contributed by atoms with Crippen LogP contribution in [0, 0.1) is 0 Å². The van der Waals surface area contributed by atoms with Crippen LogP contribution in [-0.2, 0) is 6.61 Å². The van der Waals surface area contributed by atoms with Crippen LogP contribution in [0.3, 0.4) is 0 Å². The minimum atomic E-state index is -0.323. The highest BCUT2D eigenvalue weighted by Gasteiger charge is 2.10. The lowest BCUT2D eigenvalue weighted by Gasteiger charge is -2.10. The van der Waals surface area contributed by atoms with Crippen molar-refractivity contribution in [1.82, 2.24) is 15.0 Å². The van der Waals surface area contributed by atoms with Crippen LogP contribution in [0.5, 0.6) is 5.75 Å². The van der Waals surface area contributed by atoms with Gasteiger partial charge in [0.05, 0.1) is 0 Å². The summed E-state index contributed by atoms with van der Waals surface area (Å²) in [6.07, 6.45) is 4.86. The molecule has 7 nitrogen and oxygen atoms in total. The van der Waals surface area contributed by atoms with E-state index in [-0.39, 0.29) is 11.6 Å². The molecular weight excluding hydrogens is 378 g/mol. The molecule has 4 rings (SSSR count). The maximum atomic E-state index is 12.6. The molecule has 0 radical (unpaired) electrons. The molecule has 0 bridgehead atoms. The fourth-order valence-corrected chi connectivity index (χ4v) is 2.73. The van der Waals surface area contributed by atoms with Crippen LogP contribution in [0.2, 0.25) is 0 Å². The van der Waals surface area contributed by atoms with Crippen LogP contribution in [-0.4, -0.2) is 20.9 Å². The summed E-state index contributed by atoms with van der Waals surface area (Å²) in [7, 11) is 0. The highest BCUT2D eigenvalue weighted by Crippen LogP contribution is 2.16. The van der Waals surface area contributed by atoms with Gasteiger partial charge >= 0.3 is 0 Å². The molecule has 0 fully saturated rings. The smallest absolute Gasteiger partial charge is 0.274 e. The Morgan fingerprint density at radius 1 is 0.867 bits per heavy atom. The van der Waals surface area contributed by atoms with Crippen molar-refractivity contribution in [3.05, 3.63) is 103 Å². The Labute approximate surface area is 173 Å². The number of ether oxygens (including phenoxy) is 1. The predicted molar refractivity (Wildman–Crippen MR) is 115 cm³/mol. The van der Waals surface area contributed by atoms with Crippen LogP contribution in [0.25, 0.3) is 0 Å². The van der Waals surface area contributed by atoms with Crippen molar-refractivity contribution < 1.29 is 9.53 Å². The van der Waals surface area contributed by atoms with E-state index in [9.17, 15) is 4.79 Å². The van der Waals surface area contributed by atoms with E-state index in [0.717, 1.165) is 17.0 Å². The van der Waals surface area contributed by atoms with Gasteiger partial charge in [-0.1, -0.05) is 30.3 Å². The van der Waals surface area contributed by atoms with Crippen LogP contribution in [0.1, 0.15) is 16.1 Å². The summed E-state index contributed by atoms with van der Waals surface area (Å²) in [4.78, 5) is 25.0. The second kappa shape index (κ2) is 9.29. The van der Waals surface area contributed by atoms with Gasteiger partial charge in [-0.2, -0.15) is 0 Å². The number of hydrogen-bond donors (Lipinski definition) is 2. The zero-order chi connectivity index (χ0) is 20.6. The van der Waals surface area contributed by atoms with Crippen molar-refractivity contribution in [1.29, 1.82) is 0 Å². The average molecular weight is 397 g/mol. The summed E-state index contributed by atoms with van der Waals surface area (Å²) in [5.41, 5.74) is 2.65. The molecule has 1 amide bonds. The zero-order valence-electron chi connectivity index (χ0n) is 16.0. The summed E-state index contributed by atoms with van der Waals surface area (Å²) in [5, 5.41) is 5.91. The molecule has 2 heterocycles. The Kier molecular flexibility index (Phi) is 5.91. The number of hydrogen-bond acceptors (Lipinski definition) is 6. The third-order valence-electron chi connectivity index (χ3n) is 4.16. The number of rotatable bonds is 7. The number of aromatic nitrogens is 3. The summed E-state index contributed by atoms with van der Waals surface area (Å²) in [5.74, 6) is 0.803. The van der Waals surface area contributed by atoms with Gasteiger partial charge in [0.25, 0.3) is 5.91 Å². The summed E-state index contributed by atoms with van der Waals surface area (Å²) in [6.45, 7) is 0.404. The number of benzene rings is 2. The van der Waals surface area contributed by atoms with Gasteiger partial charge in [-0.15, -0.1) is 0 Å². The number of para-hydroxylation sites is 1. The molecule has 0 unspecified atom stereocenters. The molecule has 0 aliphatic rings. The number of amides is 1. The molecular formula is C23H19N5O2. The topological polar surface area (TPSA) is 89.0 Å². The van der Waals surface area contributed by atoms with E-state index in [1.54, 1.807) is 30.6 Å². The van der Waals surface area contributed by atoms with Gasteiger partial charge in [0.2, 0.25) is 5.95 Å².